The van der Waals surface area contributed by atoms with Gasteiger partial charge in [-0.15, -0.1) is 0 Å². The summed E-state index contributed by atoms with van der Waals surface area (Å²) in [5.41, 5.74) is 1.84. The van der Waals surface area contributed by atoms with Gasteiger partial charge in [0.2, 0.25) is 0 Å². The number of nitrogens with zero attached hydrogens (tertiary/aromatic N) is 2. The van der Waals surface area contributed by atoms with Crippen LogP contribution in [0.25, 0.3) is 0 Å². The Bertz CT molecular complexity index is 942. The minimum absolute atomic E-state index is 0.0492. The van der Waals surface area contributed by atoms with Gasteiger partial charge in [0.25, 0.3) is 5.56 Å². The molecule has 0 radical (unpaired) electrons. The van der Waals surface area contributed by atoms with Crippen LogP contribution < -0.4 is 5.56 Å². The molecule has 2 bridgehead atoms. The number of thioether (sulfide) groups is 1. The Balaban J connectivity index is 1.40. The van der Waals surface area contributed by atoms with Crippen LogP contribution >= 0.6 is 35.6 Å². The van der Waals surface area contributed by atoms with Crippen molar-refractivity contribution in [3.63, 3.8) is 0 Å². The lowest BCUT2D eigenvalue weighted by Gasteiger charge is -2.43. The van der Waals surface area contributed by atoms with Gasteiger partial charge in [-0.05, 0) is 42.7 Å². The first-order valence-corrected chi connectivity index (χ1v) is 10.7. The Morgan fingerprint density at radius 1 is 1.15 bits per heavy atom. The van der Waals surface area contributed by atoms with Crippen LogP contribution in [0.3, 0.4) is 0 Å². The first-order chi connectivity index (χ1) is 13.0. The van der Waals surface area contributed by atoms with E-state index in [0.717, 1.165) is 36.1 Å². The molecule has 27 heavy (non-hydrogen) atoms. The standard InChI is InChI=1S/C20H19ClN2O2S2/c21-16-6-4-14(5-7-16)18(24)12-27-20(26)22-9-13-8-15(11-22)17-2-1-3-19(25)23(17)10-13/h1-7,13,15H,8-12H2. The van der Waals surface area contributed by atoms with Crippen molar-refractivity contribution >= 4 is 45.7 Å². The van der Waals surface area contributed by atoms with Gasteiger partial charge in [0.1, 0.15) is 4.32 Å². The lowest BCUT2D eigenvalue weighted by atomic mass is 9.83. The number of hydrogen-bond donors (Lipinski definition) is 0. The SMILES string of the molecule is O=C(CSC(=S)N1CC2CC(C1)c1cccc(=O)n1C2)c1ccc(Cl)cc1. The summed E-state index contributed by atoms with van der Waals surface area (Å²) in [4.78, 5) is 26.7. The van der Waals surface area contributed by atoms with E-state index >= 15 is 0 Å². The smallest absolute Gasteiger partial charge is 0.250 e. The van der Waals surface area contributed by atoms with Crippen LogP contribution in [0.5, 0.6) is 0 Å². The molecule has 4 nitrogen and oxygen atoms in total. The Labute approximate surface area is 172 Å². The van der Waals surface area contributed by atoms with Crippen LogP contribution in [0.2, 0.25) is 5.02 Å². The lowest BCUT2D eigenvalue weighted by molar-refractivity contribution is 0.102. The lowest BCUT2D eigenvalue weighted by Crippen LogP contribution is -2.48. The first kappa shape index (κ1) is 18.7. The van der Waals surface area contributed by atoms with E-state index in [-0.39, 0.29) is 11.3 Å². The number of aromatic nitrogens is 1. The molecule has 1 aromatic heterocycles. The third kappa shape index (κ3) is 3.98. The fourth-order valence-electron chi connectivity index (χ4n) is 3.98. The molecular formula is C20H19ClN2O2S2. The van der Waals surface area contributed by atoms with Gasteiger partial charge in [-0.2, -0.15) is 0 Å². The molecule has 7 heteroatoms. The maximum absolute atomic E-state index is 12.4. The highest BCUT2D eigenvalue weighted by molar-refractivity contribution is 8.23. The minimum atomic E-state index is 0.0492. The van der Waals surface area contributed by atoms with Gasteiger partial charge in [0.15, 0.2) is 5.78 Å². The summed E-state index contributed by atoms with van der Waals surface area (Å²) in [5.74, 6) is 1.11. The summed E-state index contributed by atoms with van der Waals surface area (Å²) in [6.45, 7) is 2.40. The van der Waals surface area contributed by atoms with Gasteiger partial charge in [-0.1, -0.05) is 41.6 Å². The summed E-state index contributed by atoms with van der Waals surface area (Å²) in [6.07, 6.45) is 1.09. The molecule has 2 atom stereocenters. The number of carbonyl (C=O) groups excluding carboxylic acids is 1. The highest BCUT2D eigenvalue weighted by Crippen LogP contribution is 2.36. The molecule has 0 saturated carbocycles. The molecular weight excluding hydrogens is 400 g/mol. The van der Waals surface area contributed by atoms with Crippen molar-refractivity contribution < 1.29 is 4.79 Å². The maximum Gasteiger partial charge on any atom is 0.250 e. The number of hydrogen-bond acceptors (Lipinski definition) is 4. The molecule has 140 valence electrons. The Hall–Kier alpha value is -1.63. The molecule has 4 rings (SSSR count). The van der Waals surface area contributed by atoms with Gasteiger partial charge in [0, 0.05) is 47.9 Å². The minimum Gasteiger partial charge on any atom is -0.356 e. The van der Waals surface area contributed by atoms with Gasteiger partial charge in [0.05, 0.1) is 5.75 Å². The molecule has 0 spiro atoms. The number of piperidine rings is 1. The molecule has 0 N–H and O–H groups in total. The highest BCUT2D eigenvalue weighted by atomic mass is 35.5. The quantitative estimate of drug-likeness (QED) is 0.560. The van der Waals surface area contributed by atoms with E-state index in [0.29, 0.717) is 28.2 Å². The van der Waals surface area contributed by atoms with E-state index < -0.39 is 0 Å². The third-order valence-electron chi connectivity index (χ3n) is 5.23. The Kier molecular flexibility index (Phi) is 5.39. The molecule has 2 aliphatic heterocycles. The van der Waals surface area contributed by atoms with Gasteiger partial charge in [-0.3, -0.25) is 9.59 Å². The second-order valence-electron chi connectivity index (χ2n) is 7.09. The molecule has 1 fully saturated rings. The average molecular weight is 419 g/mol. The van der Waals surface area contributed by atoms with E-state index in [1.165, 1.54) is 11.8 Å². The van der Waals surface area contributed by atoms with Crippen molar-refractivity contribution in [3.05, 3.63) is 69.1 Å². The van der Waals surface area contributed by atoms with E-state index in [2.05, 4.69) is 4.90 Å². The molecule has 2 aliphatic rings. The van der Waals surface area contributed by atoms with Crippen molar-refractivity contribution in [2.75, 3.05) is 18.8 Å². The van der Waals surface area contributed by atoms with E-state index in [1.54, 1.807) is 30.3 Å². The number of halogens is 1. The van der Waals surface area contributed by atoms with Gasteiger partial charge < -0.3 is 9.47 Å². The predicted molar refractivity (Wildman–Crippen MR) is 114 cm³/mol. The number of thiocarbonyl (C=S) groups is 1. The number of carbonyl (C=O) groups is 1. The summed E-state index contributed by atoms with van der Waals surface area (Å²) in [6, 6.07) is 12.5. The van der Waals surface area contributed by atoms with Crippen molar-refractivity contribution in [2.45, 2.75) is 18.9 Å². The number of likely N-dealkylation sites (tertiary alicyclic amines) is 1. The molecule has 0 aliphatic carbocycles. The summed E-state index contributed by atoms with van der Waals surface area (Å²) >= 11 is 12.9. The van der Waals surface area contributed by atoms with Gasteiger partial charge in [-0.25, -0.2) is 0 Å². The zero-order chi connectivity index (χ0) is 19.0. The Morgan fingerprint density at radius 3 is 2.70 bits per heavy atom. The van der Waals surface area contributed by atoms with Crippen LogP contribution in [-0.4, -0.2) is 38.4 Å². The fourth-order valence-corrected chi connectivity index (χ4v) is 5.19. The number of Topliss-reactive ketones (excluding diaryl/α,β-unsaturated/α-hetero) is 1. The number of benzene rings is 1. The predicted octanol–water partition coefficient (Wildman–Crippen LogP) is 3.82. The van der Waals surface area contributed by atoms with Crippen molar-refractivity contribution in [3.8, 4) is 0 Å². The maximum atomic E-state index is 12.4. The van der Waals surface area contributed by atoms with Crippen LogP contribution in [0.1, 0.15) is 28.4 Å². The molecule has 1 saturated heterocycles. The molecule has 3 heterocycles. The largest absolute Gasteiger partial charge is 0.356 e. The van der Waals surface area contributed by atoms with Crippen LogP contribution in [0.4, 0.5) is 0 Å². The van der Waals surface area contributed by atoms with Crippen LogP contribution in [0, 0.1) is 5.92 Å². The van der Waals surface area contributed by atoms with Crippen molar-refractivity contribution in [1.82, 2.24) is 9.47 Å². The molecule has 0 amide bonds. The fraction of sp³-hybridized carbons (Fsp3) is 0.350. The van der Waals surface area contributed by atoms with Crippen molar-refractivity contribution in [2.24, 2.45) is 5.92 Å². The zero-order valence-corrected chi connectivity index (χ0v) is 17.0. The monoisotopic (exact) mass is 418 g/mol. The second kappa shape index (κ2) is 7.78. The highest BCUT2D eigenvalue weighted by Gasteiger charge is 2.35. The van der Waals surface area contributed by atoms with Crippen LogP contribution in [-0.2, 0) is 6.54 Å². The third-order valence-corrected chi connectivity index (χ3v) is 7.01. The van der Waals surface area contributed by atoms with E-state index in [4.69, 9.17) is 23.8 Å². The summed E-state index contributed by atoms with van der Waals surface area (Å²) in [7, 11) is 0. The number of ketones is 1. The number of rotatable bonds is 3. The van der Waals surface area contributed by atoms with Gasteiger partial charge >= 0.3 is 0 Å². The Morgan fingerprint density at radius 2 is 1.93 bits per heavy atom. The average Bonchev–Trinajstić information content (AvgIpc) is 2.67. The van der Waals surface area contributed by atoms with Crippen LogP contribution in [0.15, 0.2) is 47.3 Å². The topological polar surface area (TPSA) is 42.3 Å². The summed E-state index contributed by atoms with van der Waals surface area (Å²) < 4.78 is 2.68. The van der Waals surface area contributed by atoms with Crippen molar-refractivity contribution in [1.29, 1.82) is 0 Å². The summed E-state index contributed by atoms with van der Waals surface area (Å²) in [5, 5.41) is 0.619. The van der Waals surface area contributed by atoms with E-state index in [1.807, 2.05) is 16.7 Å². The molecule has 1 aromatic carbocycles. The second-order valence-corrected chi connectivity index (χ2v) is 9.13. The zero-order valence-electron chi connectivity index (χ0n) is 14.6. The molecule has 2 unspecified atom stereocenters. The number of pyridine rings is 1. The molecule has 2 aromatic rings. The first-order valence-electron chi connectivity index (χ1n) is 8.91. The normalized spacial score (nSPS) is 20.9. The number of fused-ring (bicyclic) bond motifs is 4. The van der Waals surface area contributed by atoms with E-state index in [9.17, 15) is 9.59 Å².